The van der Waals surface area contributed by atoms with E-state index in [1.165, 1.54) is 0 Å². The van der Waals surface area contributed by atoms with E-state index in [1.54, 1.807) is 0 Å². The van der Waals surface area contributed by atoms with Crippen LogP contribution in [0.3, 0.4) is 0 Å². The van der Waals surface area contributed by atoms with Crippen LogP contribution in [-0.2, 0) is 6.42 Å². The summed E-state index contributed by atoms with van der Waals surface area (Å²) >= 11 is 0. The highest BCUT2D eigenvalue weighted by Gasteiger charge is 2.39. The SMILES string of the molecule is CN(CCc1ccccn1)CCC1CCCC1(N)C#N. The fourth-order valence-electron chi connectivity index (χ4n) is 2.99. The molecule has 2 rings (SSSR count). The molecule has 1 aliphatic carbocycles. The lowest BCUT2D eigenvalue weighted by Crippen LogP contribution is -2.43. The molecule has 0 bridgehead atoms. The third kappa shape index (κ3) is 3.78. The summed E-state index contributed by atoms with van der Waals surface area (Å²) in [6.07, 6.45) is 6.86. The molecule has 2 unspecified atom stereocenters. The predicted octanol–water partition coefficient (Wildman–Crippen LogP) is 1.97. The van der Waals surface area contributed by atoms with E-state index in [4.69, 9.17) is 5.73 Å². The van der Waals surface area contributed by atoms with E-state index < -0.39 is 5.54 Å². The zero-order valence-electron chi connectivity index (χ0n) is 12.3. The van der Waals surface area contributed by atoms with Crippen LogP contribution in [0.2, 0.25) is 0 Å². The Hall–Kier alpha value is -1.44. The van der Waals surface area contributed by atoms with Gasteiger partial charge in [0, 0.05) is 24.9 Å². The molecule has 2 N–H and O–H groups in total. The standard InChI is InChI=1S/C16H24N4/c1-20(12-8-15-6-2-3-10-19-15)11-7-14-5-4-9-16(14,18)13-17/h2-3,6,10,14H,4-5,7-9,11-12,18H2,1H3. The van der Waals surface area contributed by atoms with Gasteiger partial charge in [0.15, 0.2) is 0 Å². The first-order valence-electron chi connectivity index (χ1n) is 7.42. The van der Waals surface area contributed by atoms with Crippen molar-refractivity contribution in [1.29, 1.82) is 5.26 Å². The Morgan fingerprint density at radius 3 is 3.05 bits per heavy atom. The number of nitrogens with zero attached hydrogens (tertiary/aromatic N) is 3. The second kappa shape index (κ2) is 6.83. The normalized spacial score (nSPS) is 25.8. The van der Waals surface area contributed by atoms with Gasteiger partial charge in [-0.1, -0.05) is 12.5 Å². The molecule has 1 saturated carbocycles. The third-order valence-corrected chi connectivity index (χ3v) is 4.41. The Balaban J connectivity index is 1.73. The monoisotopic (exact) mass is 272 g/mol. The minimum Gasteiger partial charge on any atom is -0.313 e. The molecule has 2 atom stereocenters. The van der Waals surface area contributed by atoms with Gasteiger partial charge in [-0.05, 0) is 50.9 Å². The quantitative estimate of drug-likeness (QED) is 0.859. The van der Waals surface area contributed by atoms with Crippen LogP contribution in [0.4, 0.5) is 0 Å². The molecule has 0 spiro atoms. The number of aromatic nitrogens is 1. The van der Waals surface area contributed by atoms with Gasteiger partial charge < -0.3 is 10.6 Å². The van der Waals surface area contributed by atoms with Crippen molar-refractivity contribution in [2.45, 2.75) is 37.6 Å². The first-order chi connectivity index (χ1) is 9.64. The van der Waals surface area contributed by atoms with Crippen molar-refractivity contribution in [2.24, 2.45) is 11.7 Å². The number of nitrogens with two attached hydrogens (primary N) is 1. The van der Waals surface area contributed by atoms with E-state index in [9.17, 15) is 5.26 Å². The van der Waals surface area contributed by atoms with Crippen molar-refractivity contribution in [2.75, 3.05) is 20.1 Å². The second-order valence-electron chi connectivity index (χ2n) is 5.90. The van der Waals surface area contributed by atoms with E-state index in [2.05, 4.69) is 29.1 Å². The number of hydrogen-bond donors (Lipinski definition) is 1. The van der Waals surface area contributed by atoms with E-state index >= 15 is 0 Å². The summed E-state index contributed by atoms with van der Waals surface area (Å²) in [5.41, 5.74) is 6.71. The van der Waals surface area contributed by atoms with Crippen LogP contribution in [0.15, 0.2) is 24.4 Å². The first kappa shape index (κ1) is 15.0. The molecular weight excluding hydrogens is 248 g/mol. The maximum Gasteiger partial charge on any atom is 0.107 e. The molecule has 1 aromatic heterocycles. The van der Waals surface area contributed by atoms with Crippen molar-refractivity contribution < 1.29 is 0 Å². The molecule has 20 heavy (non-hydrogen) atoms. The second-order valence-corrected chi connectivity index (χ2v) is 5.90. The van der Waals surface area contributed by atoms with Gasteiger partial charge in [0.2, 0.25) is 0 Å². The van der Waals surface area contributed by atoms with Crippen LogP contribution in [0.5, 0.6) is 0 Å². The van der Waals surface area contributed by atoms with Gasteiger partial charge in [0.1, 0.15) is 5.54 Å². The van der Waals surface area contributed by atoms with Gasteiger partial charge in [-0.3, -0.25) is 4.98 Å². The Labute approximate surface area is 121 Å². The zero-order valence-corrected chi connectivity index (χ0v) is 12.3. The van der Waals surface area contributed by atoms with Crippen molar-refractivity contribution in [3.05, 3.63) is 30.1 Å². The van der Waals surface area contributed by atoms with Gasteiger partial charge >= 0.3 is 0 Å². The summed E-state index contributed by atoms with van der Waals surface area (Å²) in [5, 5.41) is 9.22. The largest absolute Gasteiger partial charge is 0.313 e. The van der Waals surface area contributed by atoms with Crippen molar-refractivity contribution in [3.63, 3.8) is 0 Å². The van der Waals surface area contributed by atoms with Crippen molar-refractivity contribution in [1.82, 2.24) is 9.88 Å². The van der Waals surface area contributed by atoms with Gasteiger partial charge in [-0.25, -0.2) is 0 Å². The zero-order chi connectivity index (χ0) is 14.4. The molecule has 1 heterocycles. The van der Waals surface area contributed by atoms with E-state index in [0.29, 0.717) is 5.92 Å². The number of pyridine rings is 1. The molecular formula is C16H24N4. The van der Waals surface area contributed by atoms with Gasteiger partial charge in [-0.15, -0.1) is 0 Å². The maximum atomic E-state index is 9.22. The molecule has 0 amide bonds. The smallest absolute Gasteiger partial charge is 0.107 e. The molecule has 4 nitrogen and oxygen atoms in total. The minimum atomic E-state index is -0.582. The van der Waals surface area contributed by atoms with Gasteiger partial charge in [-0.2, -0.15) is 5.26 Å². The van der Waals surface area contributed by atoms with Crippen LogP contribution in [0.1, 0.15) is 31.4 Å². The Morgan fingerprint density at radius 2 is 2.35 bits per heavy atom. The molecule has 4 heteroatoms. The van der Waals surface area contributed by atoms with Crippen LogP contribution in [0, 0.1) is 17.2 Å². The molecule has 0 aliphatic heterocycles. The van der Waals surface area contributed by atoms with E-state index in [1.807, 2.05) is 18.3 Å². The van der Waals surface area contributed by atoms with Gasteiger partial charge in [0.25, 0.3) is 0 Å². The Morgan fingerprint density at radius 1 is 1.50 bits per heavy atom. The number of nitriles is 1. The summed E-state index contributed by atoms with van der Waals surface area (Å²) in [6.45, 7) is 1.99. The highest BCUT2D eigenvalue weighted by Crippen LogP contribution is 2.35. The average Bonchev–Trinajstić information content (AvgIpc) is 2.86. The topological polar surface area (TPSA) is 65.9 Å². The van der Waals surface area contributed by atoms with Crippen LogP contribution >= 0.6 is 0 Å². The summed E-state index contributed by atoms with van der Waals surface area (Å²) < 4.78 is 0. The molecule has 0 aromatic carbocycles. The highest BCUT2D eigenvalue weighted by atomic mass is 15.1. The highest BCUT2D eigenvalue weighted by molar-refractivity contribution is 5.12. The number of hydrogen-bond acceptors (Lipinski definition) is 4. The molecule has 1 fully saturated rings. The number of rotatable bonds is 6. The number of likely N-dealkylation sites (N-methyl/N-ethyl adjacent to an activating group) is 1. The molecule has 0 saturated heterocycles. The molecule has 1 aliphatic rings. The fraction of sp³-hybridized carbons (Fsp3) is 0.625. The predicted molar refractivity (Wildman–Crippen MR) is 79.9 cm³/mol. The fourth-order valence-corrected chi connectivity index (χ4v) is 2.99. The average molecular weight is 272 g/mol. The van der Waals surface area contributed by atoms with E-state index in [-0.39, 0.29) is 0 Å². The van der Waals surface area contributed by atoms with Crippen molar-refractivity contribution >= 4 is 0 Å². The lowest BCUT2D eigenvalue weighted by atomic mass is 9.87. The summed E-state index contributed by atoms with van der Waals surface area (Å²) in [6, 6.07) is 8.35. The van der Waals surface area contributed by atoms with Crippen LogP contribution in [0.25, 0.3) is 0 Å². The molecule has 1 aromatic rings. The molecule has 108 valence electrons. The van der Waals surface area contributed by atoms with Crippen LogP contribution in [-0.4, -0.2) is 35.6 Å². The van der Waals surface area contributed by atoms with Crippen LogP contribution < -0.4 is 5.73 Å². The first-order valence-corrected chi connectivity index (χ1v) is 7.42. The lowest BCUT2D eigenvalue weighted by Gasteiger charge is -2.26. The minimum absolute atomic E-state index is 0.352. The Kier molecular flexibility index (Phi) is 5.11. The summed E-state index contributed by atoms with van der Waals surface area (Å²) in [7, 11) is 2.13. The Bertz CT molecular complexity index is 453. The lowest BCUT2D eigenvalue weighted by molar-refractivity contribution is 0.276. The van der Waals surface area contributed by atoms with Gasteiger partial charge in [0.05, 0.1) is 6.07 Å². The molecule has 0 radical (unpaired) electrons. The maximum absolute atomic E-state index is 9.22. The summed E-state index contributed by atoms with van der Waals surface area (Å²) in [5.74, 6) is 0.352. The van der Waals surface area contributed by atoms with E-state index in [0.717, 1.165) is 50.9 Å². The third-order valence-electron chi connectivity index (χ3n) is 4.41. The summed E-state index contributed by atoms with van der Waals surface area (Å²) in [4.78, 5) is 6.65. The van der Waals surface area contributed by atoms with Crippen molar-refractivity contribution in [3.8, 4) is 6.07 Å².